The number of carbonyl (C=O) groups excluding carboxylic acids is 1. The Labute approximate surface area is 105 Å². The molecule has 0 fully saturated rings. The number of nitrogens with one attached hydrogen (secondary N) is 1. The summed E-state index contributed by atoms with van der Waals surface area (Å²) in [5.41, 5.74) is 0.588. The molecule has 0 bridgehead atoms. The Morgan fingerprint density at radius 1 is 1.33 bits per heavy atom. The second-order valence-electron chi connectivity index (χ2n) is 3.57. The molecule has 0 heterocycles. The standard InChI is InChI=1S/C12H16N2O4/c1-3-14(8-11(15)16)12(17)13-9-4-6-10(18-2)7-5-9/h4-7H,3,8H2,1-2H3,(H,13,17)(H,15,16). The predicted octanol–water partition coefficient (Wildman–Crippen LogP) is 1.63. The number of urea groups is 1. The molecule has 0 saturated heterocycles. The van der Waals surface area contributed by atoms with E-state index >= 15 is 0 Å². The van der Waals surface area contributed by atoms with Crippen molar-refractivity contribution in [2.24, 2.45) is 0 Å². The van der Waals surface area contributed by atoms with Crippen LogP contribution in [-0.4, -0.2) is 42.2 Å². The SMILES string of the molecule is CCN(CC(=O)O)C(=O)Nc1ccc(OC)cc1. The number of aliphatic carboxylic acids is 1. The summed E-state index contributed by atoms with van der Waals surface area (Å²) >= 11 is 0. The summed E-state index contributed by atoms with van der Waals surface area (Å²) in [4.78, 5) is 23.5. The normalized spacial score (nSPS) is 9.67. The van der Waals surface area contributed by atoms with Crippen molar-refractivity contribution in [1.29, 1.82) is 0 Å². The van der Waals surface area contributed by atoms with Gasteiger partial charge in [0.05, 0.1) is 7.11 Å². The minimum atomic E-state index is -1.04. The van der Waals surface area contributed by atoms with Gasteiger partial charge in [0, 0.05) is 12.2 Å². The molecular formula is C12H16N2O4. The van der Waals surface area contributed by atoms with E-state index in [-0.39, 0.29) is 6.54 Å². The zero-order valence-corrected chi connectivity index (χ0v) is 10.3. The monoisotopic (exact) mass is 252 g/mol. The third-order valence-electron chi connectivity index (χ3n) is 2.34. The first kappa shape index (κ1) is 13.8. The summed E-state index contributed by atoms with van der Waals surface area (Å²) in [5.74, 6) is -0.354. The first-order valence-electron chi connectivity index (χ1n) is 5.48. The molecule has 1 aromatic carbocycles. The van der Waals surface area contributed by atoms with Gasteiger partial charge in [0.2, 0.25) is 0 Å². The van der Waals surface area contributed by atoms with Gasteiger partial charge >= 0.3 is 12.0 Å². The van der Waals surface area contributed by atoms with Crippen molar-refractivity contribution in [3.8, 4) is 5.75 Å². The minimum Gasteiger partial charge on any atom is -0.497 e. The number of carboxylic acids is 1. The molecular weight excluding hydrogens is 236 g/mol. The lowest BCUT2D eigenvalue weighted by atomic mass is 10.3. The van der Waals surface area contributed by atoms with E-state index in [1.165, 1.54) is 4.90 Å². The second-order valence-corrected chi connectivity index (χ2v) is 3.57. The molecule has 2 amide bonds. The molecule has 98 valence electrons. The van der Waals surface area contributed by atoms with E-state index in [0.29, 0.717) is 18.0 Å². The van der Waals surface area contributed by atoms with Crippen LogP contribution in [0, 0.1) is 0 Å². The maximum absolute atomic E-state index is 11.8. The van der Waals surface area contributed by atoms with Crippen LogP contribution in [0.2, 0.25) is 0 Å². The number of methoxy groups -OCH3 is 1. The minimum absolute atomic E-state index is 0.321. The number of carbonyl (C=O) groups is 2. The summed E-state index contributed by atoms with van der Waals surface area (Å²) in [6.07, 6.45) is 0. The van der Waals surface area contributed by atoms with Gasteiger partial charge in [-0.15, -0.1) is 0 Å². The van der Waals surface area contributed by atoms with E-state index in [2.05, 4.69) is 5.32 Å². The molecule has 0 aromatic heterocycles. The molecule has 0 aliphatic rings. The van der Waals surface area contributed by atoms with Crippen molar-refractivity contribution >= 4 is 17.7 Å². The van der Waals surface area contributed by atoms with Gasteiger partial charge in [0.15, 0.2) is 0 Å². The van der Waals surface area contributed by atoms with Crippen LogP contribution in [0.4, 0.5) is 10.5 Å². The molecule has 0 spiro atoms. The molecule has 0 atom stereocenters. The van der Waals surface area contributed by atoms with Crippen LogP contribution in [0.15, 0.2) is 24.3 Å². The first-order chi connectivity index (χ1) is 8.56. The third-order valence-corrected chi connectivity index (χ3v) is 2.34. The van der Waals surface area contributed by atoms with Crippen molar-refractivity contribution in [2.45, 2.75) is 6.92 Å². The van der Waals surface area contributed by atoms with Gasteiger partial charge in [-0.05, 0) is 31.2 Å². The van der Waals surface area contributed by atoms with Gasteiger partial charge in [-0.2, -0.15) is 0 Å². The van der Waals surface area contributed by atoms with E-state index in [1.54, 1.807) is 38.3 Å². The Balaban J connectivity index is 2.64. The van der Waals surface area contributed by atoms with Crippen LogP contribution < -0.4 is 10.1 Å². The number of amides is 2. The fraction of sp³-hybridized carbons (Fsp3) is 0.333. The molecule has 6 heteroatoms. The van der Waals surface area contributed by atoms with Crippen molar-refractivity contribution in [1.82, 2.24) is 4.90 Å². The quantitative estimate of drug-likeness (QED) is 0.834. The van der Waals surface area contributed by atoms with Gasteiger partial charge < -0.3 is 20.1 Å². The lowest BCUT2D eigenvalue weighted by Gasteiger charge is -2.19. The Hall–Kier alpha value is -2.24. The molecule has 0 unspecified atom stereocenters. The summed E-state index contributed by atoms with van der Waals surface area (Å²) in [7, 11) is 1.55. The second kappa shape index (κ2) is 6.48. The van der Waals surface area contributed by atoms with Gasteiger partial charge in [-0.1, -0.05) is 0 Å². The molecule has 18 heavy (non-hydrogen) atoms. The highest BCUT2D eigenvalue weighted by molar-refractivity contribution is 5.91. The van der Waals surface area contributed by atoms with Crippen LogP contribution in [0.5, 0.6) is 5.75 Å². The molecule has 0 aliphatic carbocycles. The van der Waals surface area contributed by atoms with E-state index in [4.69, 9.17) is 9.84 Å². The Bertz CT molecular complexity index is 417. The highest BCUT2D eigenvalue weighted by Crippen LogP contribution is 2.15. The summed E-state index contributed by atoms with van der Waals surface area (Å²) in [6.45, 7) is 1.73. The maximum Gasteiger partial charge on any atom is 0.323 e. The predicted molar refractivity (Wildman–Crippen MR) is 66.9 cm³/mol. The fourth-order valence-corrected chi connectivity index (χ4v) is 1.37. The molecule has 2 N–H and O–H groups in total. The molecule has 1 aromatic rings. The fourth-order valence-electron chi connectivity index (χ4n) is 1.37. The maximum atomic E-state index is 11.8. The van der Waals surface area contributed by atoms with Gasteiger partial charge in [0.25, 0.3) is 0 Å². The van der Waals surface area contributed by atoms with Crippen LogP contribution in [0.25, 0.3) is 0 Å². The third kappa shape index (κ3) is 3.97. The van der Waals surface area contributed by atoms with E-state index in [1.807, 2.05) is 0 Å². The zero-order valence-electron chi connectivity index (χ0n) is 10.3. The molecule has 0 radical (unpaired) electrons. The summed E-state index contributed by atoms with van der Waals surface area (Å²) in [5, 5.41) is 11.3. The van der Waals surface area contributed by atoms with E-state index in [0.717, 1.165) is 0 Å². The lowest BCUT2D eigenvalue weighted by molar-refractivity contribution is -0.137. The number of ether oxygens (including phenoxy) is 1. The number of rotatable bonds is 5. The number of likely N-dealkylation sites (N-methyl/N-ethyl adjacent to an activating group) is 1. The zero-order chi connectivity index (χ0) is 13.5. The van der Waals surface area contributed by atoms with Gasteiger partial charge in [-0.3, -0.25) is 4.79 Å². The molecule has 0 saturated carbocycles. The Morgan fingerprint density at radius 2 is 1.94 bits per heavy atom. The number of hydrogen-bond acceptors (Lipinski definition) is 3. The Morgan fingerprint density at radius 3 is 2.39 bits per heavy atom. The highest BCUT2D eigenvalue weighted by Gasteiger charge is 2.14. The van der Waals surface area contributed by atoms with Crippen LogP contribution in [0.3, 0.4) is 0 Å². The topological polar surface area (TPSA) is 78.9 Å². The summed E-state index contributed by atoms with van der Waals surface area (Å²) in [6, 6.07) is 6.35. The van der Waals surface area contributed by atoms with Crippen LogP contribution >= 0.6 is 0 Å². The number of benzene rings is 1. The van der Waals surface area contributed by atoms with E-state index < -0.39 is 12.0 Å². The number of hydrogen-bond donors (Lipinski definition) is 2. The van der Waals surface area contributed by atoms with Crippen molar-refractivity contribution in [3.05, 3.63) is 24.3 Å². The number of nitrogens with zero attached hydrogens (tertiary/aromatic N) is 1. The molecule has 1 rings (SSSR count). The van der Waals surface area contributed by atoms with Crippen molar-refractivity contribution in [3.63, 3.8) is 0 Å². The summed E-state index contributed by atoms with van der Waals surface area (Å²) < 4.78 is 4.99. The van der Waals surface area contributed by atoms with Crippen molar-refractivity contribution in [2.75, 3.05) is 25.5 Å². The van der Waals surface area contributed by atoms with E-state index in [9.17, 15) is 9.59 Å². The van der Waals surface area contributed by atoms with Gasteiger partial charge in [-0.25, -0.2) is 4.79 Å². The van der Waals surface area contributed by atoms with Crippen LogP contribution in [-0.2, 0) is 4.79 Å². The number of anilines is 1. The highest BCUT2D eigenvalue weighted by atomic mass is 16.5. The largest absolute Gasteiger partial charge is 0.497 e. The average molecular weight is 252 g/mol. The Kier molecular flexibility index (Phi) is 4.98. The number of carboxylic acid groups (broad SMARTS) is 1. The van der Waals surface area contributed by atoms with Crippen LogP contribution in [0.1, 0.15) is 6.92 Å². The first-order valence-corrected chi connectivity index (χ1v) is 5.48. The smallest absolute Gasteiger partial charge is 0.323 e. The molecule has 6 nitrogen and oxygen atoms in total. The molecule has 0 aliphatic heterocycles. The van der Waals surface area contributed by atoms with Crippen molar-refractivity contribution < 1.29 is 19.4 Å². The average Bonchev–Trinajstić information content (AvgIpc) is 2.36. The lowest BCUT2D eigenvalue weighted by Crippen LogP contribution is -2.38. The van der Waals surface area contributed by atoms with Gasteiger partial charge in [0.1, 0.15) is 12.3 Å².